The van der Waals surface area contributed by atoms with E-state index in [0.29, 0.717) is 0 Å². The van der Waals surface area contributed by atoms with Gasteiger partial charge in [0.05, 0.1) is 9.37 Å². The molecule has 18 heavy (non-hydrogen) atoms. The van der Waals surface area contributed by atoms with Gasteiger partial charge in [-0.1, -0.05) is 6.07 Å². The van der Waals surface area contributed by atoms with Gasteiger partial charge >= 0.3 is 0 Å². The van der Waals surface area contributed by atoms with Crippen molar-refractivity contribution in [3.63, 3.8) is 0 Å². The van der Waals surface area contributed by atoms with Gasteiger partial charge in [-0.3, -0.25) is 0 Å². The van der Waals surface area contributed by atoms with Crippen molar-refractivity contribution in [2.75, 3.05) is 0 Å². The zero-order valence-electron chi connectivity index (χ0n) is 9.06. The van der Waals surface area contributed by atoms with Gasteiger partial charge in [0.25, 0.3) is 0 Å². The molecular formula is C11H9BrFNO2S2. The van der Waals surface area contributed by atoms with Crippen molar-refractivity contribution < 1.29 is 12.8 Å². The molecule has 0 aliphatic heterocycles. The Labute approximate surface area is 117 Å². The van der Waals surface area contributed by atoms with Crippen LogP contribution in [0, 0.1) is 5.82 Å². The third-order valence-corrected chi connectivity index (χ3v) is 5.14. The van der Waals surface area contributed by atoms with Crippen LogP contribution >= 0.6 is 27.3 Å². The Morgan fingerprint density at radius 1 is 1.33 bits per heavy atom. The van der Waals surface area contributed by atoms with Crippen LogP contribution in [0.15, 0.2) is 45.1 Å². The first-order valence-corrected chi connectivity index (χ1v) is 8.12. The Bertz CT molecular complexity index is 641. The lowest BCUT2D eigenvalue weighted by atomic mass is 10.3. The normalized spacial score (nSPS) is 11.7. The van der Waals surface area contributed by atoms with Gasteiger partial charge < -0.3 is 0 Å². The summed E-state index contributed by atoms with van der Waals surface area (Å²) >= 11 is 4.43. The Kier molecular flexibility index (Phi) is 4.16. The van der Waals surface area contributed by atoms with Crippen molar-refractivity contribution in [1.29, 1.82) is 0 Å². The maximum Gasteiger partial charge on any atom is 0.241 e. The fourth-order valence-corrected chi connectivity index (χ4v) is 3.31. The van der Waals surface area contributed by atoms with Gasteiger partial charge in [0.15, 0.2) is 0 Å². The van der Waals surface area contributed by atoms with E-state index in [1.54, 1.807) is 0 Å². The van der Waals surface area contributed by atoms with E-state index in [2.05, 4.69) is 20.7 Å². The van der Waals surface area contributed by atoms with Gasteiger partial charge in [0, 0.05) is 11.4 Å². The first-order valence-electron chi connectivity index (χ1n) is 4.96. The predicted octanol–water partition coefficient (Wildman–Crippen LogP) is 3.13. The highest BCUT2D eigenvalue weighted by atomic mass is 79.9. The van der Waals surface area contributed by atoms with Crippen molar-refractivity contribution >= 4 is 37.3 Å². The van der Waals surface area contributed by atoms with Crippen molar-refractivity contribution in [2.24, 2.45) is 0 Å². The molecule has 0 spiro atoms. The summed E-state index contributed by atoms with van der Waals surface area (Å²) in [7, 11) is -3.68. The van der Waals surface area contributed by atoms with Gasteiger partial charge in [-0.05, 0) is 45.6 Å². The number of sulfonamides is 1. The summed E-state index contributed by atoms with van der Waals surface area (Å²) in [6.45, 7) is 0.206. The van der Waals surface area contributed by atoms with Crippen molar-refractivity contribution in [1.82, 2.24) is 4.72 Å². The highest BCUT2D eigenvalue weighted by molar-refractivity contribution is 9.10. The van der Waals surface area contributed by atoms with E-state index in [1.165, 1.54) is 23.5 Å². The molecule has 0 aliphatic carbocycles. The summed E-state index contributed by atoms with van der Waals surface area (Å²) in [5.41, 5.74) is 0. The molecule has 7 heteroatoms. The van der Waals surface area contributed by atoms with E-state index in [9.17, 15) is 12.8 Å². The average Bonchev–Trinajstić information content (AvgIpc) is 2.83. The Morgan fingerprint density at radius 3 is 2.72 bits per heavy atom. The lowest BCUT2D eigenvalue weighted by molar-refractivity contribution is 0.577. The number of rotatable bonds is 4. The fourth-order valence-electron chi connectivity index (χ4n) is 1.31. The van der Waals surface area contributed by atoms with Crippen LogP contribution in [0.25, 0.3) is 0 Å². The molecule has 0 bridgehead atoms. The summed E-state index contributed by atoms with van der Waals surface area (Å²) in [4.78, 5) is 0.816. The molecule has 0 radical (unpaired) electrons. The molecule has 1 aromatic carbocycles. The van der Waals surface area contributed by atoms with E-state index in [0.717, 1.165) is 10.9 Å². The smallest absolute Gasteiger partial charge is 0.207 e. The van der Waals surface area contributed by atoms with E-state index >= 15 is 0 Å². The van der Waals surface area contributed by atoms with Crippen molar-refractivity contribution in [3.05, 3.63) is 50.9 Å². The van der Waals surface area contributed by atoms with Crippen LogP contribution in [-0.4, -0.2) is 8.42 Å². The van der Waals surface area contributed by atoms with Crippen LogP contribution in [0.1, 0.15) is 4.88 Å². The van der Waals surface area contributed by atoms with E-state index in [-0.39, 0.29) is 15.9 Å². The topological polar surface area (TPSA) is 46.2 Å². The number of hydrogen-bond donors (Lipinski definition) is 1. The minimum Gasteiger partial charge on any atom is -0.207 e. The Hall–Kier alpha value is -0.760. The summed E-state index contributed by atoms with van der Waals surface area (Å²) < 4.78 is 39.8. The second-order valence-electron chi connectivity index (χ2n) is 3.48. The number of halogens is 2. The van der Waals surface area contributed by atoms with E-state index in [1.807, 2.05) is 17.5 Å². The zero-order chi connectivity index (χ0) is 13.2. The number of hydrogen-bond acceptors (Lipinski definition) is 3. The summed E-state index contributed by atoms with van der Waals surface area (Å²) in [6.07, 6.45) is 0. The maximum absolute atomic E-state index is 13.3. The molecule has 0 saturated heterocycles. The first kappa shape index (κ1) is 13.7. The quantitative estimate of drug-likeness (QED) is 0.921. The molecule has 0 aliphatic rings. The van der Waals surface area contributed by atoms with E-state index < -0.39 is 15.8 Å². The highest BCUT2D eigenvalue weighted by Crippen LogP contribution is 2.19. The average molecular weight is 350 g/mol. The number of thiophene rings is 1. The zero-order valence-corrected chi connectivity index (χ0v) is 12.3. The molecule has 2 rings (SSSR count). The fraction of sp³-hybridized carbons (Fsp3) is 0.0909. The van der Waals surface area contributed by atoms with E-state index in [4.69, 9.17) is 0 Å². The Morgan fingerprint density at radius 2 is 2.11 bits per heavy atom. The largest absolute Gasteiger partial charge is 0.241 e. The van der Waals surface area contributed by atoms with Crippen LogP contribution in [0.3, 0.4) is 0 Å². The molecular weight excluding hydrogens is 341 g/mol. The summed E-state index contributed by atoms with van der Waals surface area (Å²) in [5, 5.41) is 1.86. The molecule has 1 N–H and O–H groups in total. The van der Waals surface area contributed by atoms with Crippen molar-refractivity contribution in [3.8, 4) is 0 Å². The third-order valence-electron chi connectivity index (χ3n) is 2.22. The van der Waals surface area contributed by atoms with Crippen LogP contribution in [-0.2, 0) is 16.6 Å². The predicted molar refractivity (Wildman–Crippen MR) is 72.4 cm³/mol. The molecule has 0 atom stereocenters. The molecule has 1 aromatic heterocycles. The third kappa shape index (κ3) is 3.17. The molecule has 96 valence electrons. The second kappa shape index (κ2) is 5.48. The summed E-state index contributed by atoms with van der Waals surface area (Å²) in [6, 6.07) is 7.38. The summed E-state index contributed by atoms with van der Waals surface area (Å²) in [5.74, 6) is -0.603. The first-order chi connectivity index (χ1) is 8.49. The van der Waals surface area contributed by atoms with Gasteiger partial charge in [-0.25, -0.2) is 17.5 Å². The van der Waals surface area contributed by atoms with Gasteiger partial charge in [-0.15, -0.1) is 11.3 Å². The molecule has 2 aromatic rings. The lowest BCUT2D eigenvalue weighted by Gasteiger charge is -2.06. The second-order valence-corrected chi connectivity index (χ2v) is 7.13. The van der Waals surface area contributed by atoms with Gasteiger partial charge in [-0.2, -0.15) is 0 Å². The number of benzene rings is 1. The molecule has 3 nitrogen and oxygen atoms in total. The Balaban J connectivity index is 2.17. The molecule has 0 fully saturated rings. The number of nitrogens with one attached hydrogen (secondary N) is 1. The molecule has 0 unspecified atom stereocenters. The van der Waals surface area contributed by atoms with Crippen LogP contribution in [0.4, 0.5) is 4.39 Å². The minimum atomic E-state index is -3.68. The van der Waals surface area contributed by atoms with Crippen molar-refractivity contribution in [2.45, 2.75) is 11.4 Å². The minimum absolute atomic E-state index is 0.0836. The SMILES string of the molecule is O=S(=O)(NCc1cccs1)c1ccc(Br)c(F)c1. The van der Waals surface area contributed by atoms with Crippen LogP contribution < -0.4 is 4.72 Å². The molecule has 1 heterocycles. The van der Waals surface area contributed by atoms with Gasteiger partial charge in [0.1, 0.15) is 5.82 Å². The lowest BCUT2D eigenvalue weighted by Crippen LogP contribution is -2.22. The monoisotopic (exact) mass is 349 g/mol. The highest BCUT2D eigenvalue weighted by Gasteiger charge is 2.15. The molecule has 0 amide bonds. The van der Waals surface area contributed by atoms with Gasteiger partial charge in [0.2, 0.25) is 10.0 Å². The molecule has 0 saturated carbocycles. The van der Waals surface area contributed by atoms with Crippen LogP contribution in [0.2, 0.25) is 0 Å². The van der Waals surface area contributed by atoms with Crippen LogP contribution in [0.5, 0.6) is 0 Å². The maximum atomic E-state index is 13.3. The standard InChI is InChI=1S/C11H9BrFNO2S2/c12-10-4-3-9(6-11(10)13)18(15,16)14-7-8-2-1-5-17-8/h1-6,14H,7H2.